The summed E-state index contributed by atoms with van der Waals surface area (Å²) in [6.07, 6.45) is 1.53. The second-order valence-electron chi connectivity index (χ2n) is 4.67. The maximum atomic E-state index is 12.0. The van der Waals surface area contributed by atoms with Crippen molar-refractivity contribution in [3.05, 3.63) is 30.5 Å². The van der Waals surface area contributed by atoms with Crippen molar-refractivity contribution in [3.63, 3.8) is 0 Å². The molecule has 0 fully saturated rings. The Bertz CT molecular complexity index is 545. The Kier molecular flexibility index (Phi) is 3.67. The Hall–Kier alpha value is -1.81. The molecule has 2 N–H and O–H groups in total. The molecule has 1 aromatic carbocycles. The van der Waals surface area contributed by atoms with Crippen molar-refractivity contribution in [1.82, 2.24) is 0 Å². The number of rotatable bonds is 4. The molecule has 4 nitrogen and oxygen atoms in total. The van der Waals surface area contributed by atoms with E-state index < -0.39 is 5.92 Å². The van der Waals surface area contributed by atoms with Gasteiger partial charge in [0, 0.05) is 5.39 Å². The van der Waals surface area contributed by atoms with E-state index in [0.717, 1.165) is 11.0 Å². The second kappa shape index (κ2) is 5.23. The van der Waals surface area contributed by atoms with E-state index in [-0.39, 0.29) is 18.4 Å². The van der Waals surface area contributed by atoms with E-state index in [1.165, 1.54) is 6.26 Å². The van der Waals surface area contributed by atoms with E-state index in [4.69, 9.17) is 4.42 Å². The normalized spacial score (nSPS) is 12.9. The van der Waals surface area contributed by atoms with Gasteiger partial charge in [0.2, 0.25) is 5.91 Å². The molecule has 0 saturated heterocycles. The first-order valence-corrected chi connectivity index (χ1v) is 6.01. The van der Waals surface area contributed by atoms with Gasteiger partial charge in [-0.3, -0.25) is 4.79 Å². The fourth-order valence-corrected chi connectivity index (χ4v) is 1.90. The monoisotopic (exact) mass is 247 g/mol. The number of anilines is 1. The fourth-order valence-electron chi connectivity index (χ4n) is 1.90. The molecule has 1 atom stereocenters. The Morgan fingerprint density at radius 1 is 1.39 bits per heavy atom. The molecule has 4 heteroatoms. The van der Waals surface area contributed by atoms with Gasteiger partial charge in [0.25, 0.3) is 0 Å². The van der Waals surface area contributed by atoms with Crippen LogP contribution in [-0.2, 0) is 4.79 Å². The van der Waals surface area contributed by atoms with Crippen molar-refractivity contribution in [1.29, 1.82) is 0 Å². The van der Waals surface area contributed by atoms with Crippen molar-refractivity contribution in [3.8, 4) is 0 Å². The van der Waals surface area contributed by atoms with Crippen LogP contribution in [0.25, 0.3) is 11.0 Å². The topological polar surface area (TPSA) is 62.5 Å². The van der Waals surface area contributed by atoms with Crippen molar-refractivity contribution in [2.75, 3.05) is 11.9 Å². The number of para-hydroxylation sites is 1. The highest BCUT2D eigenvalue weighted by Gasteiger charge is 2.22. The highest BCUT2D eigenvalue weighted by Crippen LogP contribution is 2.26. The minimum Gasteiger partial charge on any atom is -0.462 e. The summed E-state index contributed by atoms with van der Waals surface area (Å²) in [6.45, 7) is 3.67. The molecule has 0 radical (unpaired) electrons. The summed E-state index contributed by atoms with van der Waals surface area (Å²) in [6, 6.07) is 7.50. The van der Waals surface area contributed by atoms with Gasteiger partial charge >= 0.3 is 0 Å². The molecule has 96 valence electrons. The molecule has 0 spiro atoms. The summed E-state index contributed by atoms with van der Waals surface area (Å²) >= 11 is 0. The number of carbonyl (C=O) groups is 1. The van der Waals surface area contributed by atoms with E-state index in [9.17, 15) is 9.90 Å². The van der Waals surface area contributed by atoms with Crippen LogP contribution in [0.5, 0.6) is 0 Å². The van der Waals surface area contributed by atoms with E-state index in [1.807, 2.05) is 38.1 Å². The number of nitrogens with one attached hydrogen (secondary N) is 1. The van der Waals surface area contributed by atoms with Gasteiger partial charge in [0.1, 0.15) is 11.8 Å². The highest BCUT2D eigenvalue weighted by atomic mass is 16.3. The van der Waals surface area contributed by atoms with Crippen LogP contribution in [0, 0.1) is 11.8 Å². The molecule has 0 aliphatic heterocycles. The number of hydrogen-bond acceptors (Lipinski definition) is 3. The summed E-state index contributed by atoms with van der Waals surface area (Å²) < 4.78 is 5.35. The van der Waals surface area contributed by atoms with Gasteiger partial charge in [-0.15, -0.1) is 0 Å². The van der Waals surface area contributed by atoms with Gasteiger partial charge in [-0.1, -0.05) is 26.0 Å². The van der Waals surface area contributed by atoms with E-state index in [2.05, 4.69) is 5.32 Å². The molecule has 1 aromatic heterocycles. The summed E-state index contributed by atoms with van der Waals surface area (Å²) in [7, 11) is 0. The minimum atomic E-state index is -0.404. The van der Waals surface area contributed by atoms with Crippen molar-refractivity contribution >= 4 is 22.6 Å². The molecule has 0 aliphatic rings. The Balaban J connectivity index is 2.21. The van der Waals surface area contributed by atoms with E-state index >= 15 is 0 Å². The molecule has 1 amide bonds. The number of amides is 1. The minimum absolute atomic E-state index is 0.0909. The fraction of sp³-hybridized carbons (Fsp3) is 0.357. The summed E-state index contributed by atoms with van der Waals surface area (Å²) in [4.78, 5) is 12.0. The quantitative estimate of drug-likeness (QED) is 0.873. The standard InChI is InChI=1S/C14H17NO3/c1-9(2)11(7-16)14(17)15-12-8-18-13-6-4-3-5-10(12)13/h3-6,8-9,11,16H,7H2,1-2H3,(H,15,17). The molecule has 1 heterocycles. The van der Waals surface area contributed by atoms with Crippen molar-refractivity contribution in [2.45, 2.75) is 13.8 Å². The number of hydrogen-bond donors (Lipinski definition) is 2. The smallest absolute Gasteiger partial charge is 0.230 e. The van der Waals surface area contributed by atoms with Crippen LogP contribution < -0.4 is 5.32 Å². The van der Waals surface area contributed by atoms with Crippen LogP contribution in [-0.4, -0.2) is 17.6 Å². The first-order chi connectivity index (χ1) is 8.63. The molecule has 18 heavy (non-hydrogen) atoms. The van der Waals surface area contributed by atoms with Crippen molar-refractivity contribution < 1.29 is 14.3 Å². The summed E-state index contributed by atoms with van der Waals surface area (Å²) in [5.74, 6) is -0.495. The van der Waals surface area contributed by atoms with Crippen LogP contribution in [0.15, 0.2) is 34.9 Å². The van der Waals surface area contributed by atoms with Crippen LogP contribution >= 0.6 is 0 Å². The lowest BCUT2D eigenvalue weighted by Gasteiger charge is -2.17. The SMILES string of the molecule is CC(C)C(CO)C(=O)Nc1coc2ccccc12. The molecule has 1 unspecified atom stereocenters. The predicted octanol–water partition coefficient (Wildman–Crippen LogP) is 2.64. The lowest BCUT2D eigenvalue weighted by Crippen LogP contribution is -2.29. The molecule has 0 aliphatic carbocycles. The number of aliphatic hydroxyl groups is 1. The molecule has 2 aromatic rings. The predicted molar refractivity (Wildman–Crippen MR) is 70.3 cm³/mol. The number of aliphatic hydroxyl groups excluding tert-OH is 1. The Morgan fingerprint density at radius 3 is 2.78 bits per heavy atom. The zero-order valence-corrected chi connectivity index (χ0v) is 10.5. The third kappa shape index (κ3) is 2.38. The zero-order valence-electron chi connectivity index (χ0n) is 10.5. The molecular weight excluding hydrogens is 230 g/mol. The van der Waals surface area contributed by atoms with Crippen LogP contribution in [0.2, 0.25) is 0 Å². The maximum absolute atomic E-state index is 12.0. The average Bonchev–Trinajstić information content (AvgIpc) is 2.73. The number of fused-ring (bicyclic) bond motifs is 1. The van der Waals surface area contributed by atoms with Crippen LogP contribution in [0.1, 0.15) is 13.8 Å². The van der Waals surface area contributed by atoms with Gasteiger partial charge in [-0.2, -0.15) is 0 Å². The van der Waals surface area contributed by atoms with Crippen LogP contribution in [0.4, 0.5) is 5.69 Å². The van der Waals surface area contributed by atoms with E-state index in [1.54, 1.807) is 0 Å². The lowest BCUT2D eigenvalue weighted by molar-refractivity contribution is -0.122. The maximum Gasteiger partial charge on any atom is 0.230 e. The largest absolute Gasteiger partial charge is 0.462 e. The number of benzene rings is 1. The van der Waals surface area contributed by atoms with Gasteiger partial charge in [-0.25, -0.2) is 0 Å². The molecule has 0 bridgehead atoms. The number of carbonyl (C=O) groups excluding carboxylic acids is 1. The second-order valence-corrected chi connectivity index (χ2v) is 4.67. The van der Waals surface area contributed by atoms with Gasteiger partial charge < -0.3 is 14.8 Å². The average molecular weight is 247 g/mol. The molecular formula is C14H17NO3. The first kappa shape index (κ1) is 12.6. The van der Waals surface area contributed by atoms with Gasteiger partial charge in [-0.05, 0) is 18.1 Å². The van der Waals surface area contributed by atoms with E-state index in [0.29, 0.717) is 5.69 Å². The Morgan fingerprint density at radius 2 is 2.11 bits per heavy atom. The molecule has 2 rings (SSSR count). The first-order valence-electron chi connectivity index (χ1n) is 6.01. The number of furan rings is 1. The third-order valence-electron chi connectivity index (χ3n) is 3.08. The highest BCUT2D eigenvalue weighted by molar-refractivity contribution is 6.01. The summed E-state index contributed by atoms with van der Waals surface area (Å²) in [5.41, 5.74) is 1.38. The van der Waals surface area contributed by atoms with Gasteiger partial charge in [0.05, 0.1) is 18.2 Å². The van der Waals surface area contributed by atoms with Crippen LogP contribution in [0.3, 0.4) is 0 Å². The third-order valence-corrected chi connectivity index (χ3v) is 3.08. The van der Waals surface area contributed by atoms with Gasteiger partial charge in [0.15, 0.2) is 0 Å². The van der Waals surface area contributed by atoms with Crippen molar-refractivity contribution in [2.24, 2.45) is 11.8 Å². The Labute approximate surface area is 106 Å². The zero-order chi connectivity index (χ0) is 13.1. The molecule has 0 saturated carbocycles. The summed E-state index contributed by atoms with van der Waals surface area (Å²) in [5, 5.41) is 12.9. The lowest BCUT2D eigenvalue weighted by atomic mass is 9.96.